The van der Waals surface area contributed by atoms with E-state index in [2.05, 4.69) is 0 Å². The Labute approximate surface area is 121 Å². The number of fused-ring (bicyclic) bond motifs is 5. The van der Waals surface area contributed by atoms with Crippen LogP contribution in [0.15, 0.2) is 36.4 Å². The molecule has 5 nitrogen and oxygen atoms in total. The minimum absolute atomic E-state index is 0.272. The molecule has 4 atom stereocenters. The molecule has 3 heterocycles. The first-order valence-corrected chi connectivity index (χ1v) is 6.81. The average Bonchev–Trinajstić information content (AvgIpc) is 3.08. The molecule has 0 unspecified atom stereocenters. The molecule has 0 aliphatic carbocycles. The lowest BCUT2D eigenvalue weighted by Gasteiger charge is -2.24. The maximum Gasteiger partial charge on any atom is 0.241 e. The zero-order chi connectivity index (χ0) is 14.8. The highest BCUT2D eigenvalue weighted by Crippen LogP contribution is 2.52. The Kier molecular flexibility index (Phi) is 2.23. The molecule has 3 aliphatic heterocycles. The van der Waals surface area contributed by atoms with E-state index in [4.69, 9.17) is 4.74 Å². The van der Waals surface area contributed by atoms with Crippen LogP contribution in [0, 0.1) is 23.2 Å². The summed E-state index contributed by atoms with van der Waals surface area (Å²) < 4.78 is 5.76. The molecule has 5 heteroatoms. The number of benzene rings is 1. The summed E-state index contributed by atoms with van der Waals surface area (Å²) in [4.78, 5) is 26.6. The van der Waals surface area contributed by atoms with Crippen LogP contribution < -0.4 is 4.90 Å². The molecule has 0 N–H and O–H groups in total. The fourth-order valence-electron chi connectivity index (χ4n) is 3.65. The van der Waals surface area contributed by atoms with Crippen LogP contribution in [-0.4, -0.2) is 23.5 Å². The monoisotopic (exact) mass is 280 g/mol. The van der Waals surface area contributed by atoms with Gasteiger partial charge in [0.15, 0.2) is 0 Å². The van der Waals surface area contributed by atoms with E-state index in [0.29, 0.717) is 11.3 Å². The minimum atomic E-state index is -0.710. The van der Waals surface area contributed by atoms with Crippen LogP contribution in [0.3, 0.4) is 0 Å². The van der Waals surface area contributed by atoms with Gasteiger partial charge < -0.3 is 4.74 Å². The average molecular weight is 280 g/mol. The summed E-state index contributed by atoms with van der Waals surface area (Å²) in [5.74, 6) is -1.51. The van der Waals surface area contributed by atoms with Crippen molar-refractivity contribution in [1.82, 2.24) is 0 Å². The number of imide groups is 1. The second-order valence-corrected chi connectivity index (χ2v) is 5.77. The van der Waals surface area contributed by atoms with E-state index in [-0.39, 0.29) is 17.9 Å². The topological polar surface area (TPSA) is 70.4 Å². The van der Waals surface area contributed by atoms with E-state index in [9.17, 15) is 14.9 Å². The molecule has 2 bridgehead atoms. The first kappa shape index (κ1) is 12.3. The number of anilines is 1. The van der Waals surface area contributed by atoms with Crippen molar-refractivity contribution in [3.63, 3.8) is 0 Å². The Morgan fingerprint density at radius 3 is 2.76 bits per heavy atom. The molecule has 1 aromatic carbocycles. The van der Waals surface area contributed by atoms with Crippen molar-refractivity contribution >= 4 is 17.5 Å². The summed E-state index contributed by atoms with van der Waals surface area (Å²) in [6.45, 7) is 1.83. The number of ether oxygens (including phenoxy) is 1. The normalized spacial score (nSPS) is 36.2. The SMILES string of the molecule is C[C@@]12C=C[C@@H](O1)[C@H]1C(=O)N(c3ccccc3C#N)C(=O)[C@@H]12. The molecule has 104 valence electrons. The highest BCUT2D eigenvalue weighted by molar-refractivity contribution is 6.23. The van der Waals surface area contributed by atoms with Crippen LogP contribution in [0.2, 0.25) is 0 Å². The highest BCUT2D eigenvalue weighted by atomic mass is 16.5. The second-order valence-electron chi connectivity index (χ2n) is 5.77. The number of nitriles is 1. The van der Waals surface area contributed by atoms with Crippen molar-refractivity contribution in [1.29, 1.82) is 5.26 Å². The smallest absolute Gasteiger partial charge is 0.241 e. The zero-order valence-corrected chi connectivity index (χ0v) is 11.3. The molecule has 4 rings (SSSR count). The molecule has 2 amide bonds. The first-order chi connectivity index (χ1) is 10.1. The number of nitrogens with zero attached hydrogens (tertiary/aromatic N) is 2. The highest BCUT2D eigenvalue weighted by Gasteiger charge is 2.66. The lowest BCUT2D eigenvalue weighted by Crippen LogP contribution is -2.38. The van der Waals surface area contributed by atoms with E-state index in [1.165, 1.54) is 0 Å². The molecule has 0 radical (unpaired) electrons. The van der Waals surface area contributed by atoms with Gasteiger partial charge in [0.05, 0.1) is 34.8 Å². The van der Waals surface area contributed by atoms with E-state index < -0.39 is 17.4 Å². The predicted octanol–water partition coefficient (Wildman–Crippen LogP) is 1.39. The van der Waals surface area contributed by atoms with Crippen molar-refractivity contribution in [3.8, 4) is 6.07 Å². The zero-order valence-electron chi connectivity index (χ0n) is 11.3. The lowest BCUT2D eigenvalue weighted by molar-refractivity contribution is -0.126. The summed E-state index contributed by atoms with van der Waals surface area (Å²) in [6, 6.07) is 8.70. The van der Waals surface area contributed by atoms with Crippen molar-refractivity contribution < 1.29 is 14.3 Å². The molecule has 2 fully saturated rings. The van der Waals surface area contributed by atoms with Gasteiger partial charge in [-0.1, -0.05) is 24.3 Å². The Balaban J connectivity index is 1.83. The molecular formula is C16H12N2O3. The molecule has 0 spiro atoms. The molecule has 21 heavy (non-hydrogen) atoms. The summed E-state index contributed by atoms with van der Waals surface area (Å²) in [7, 11) is 0. The third-order valence-electron chi connectivity index (χ3n) is 4.59. The number of carbonyl (C=O) groups excluding carboxylic acids is 2. The summed E-state index contributed by atoms with van der Waals surface area (Å²) >= 11 is 0. The number of hydrogen-bond acceptors (Lipinski definition) is 4. The molecule has 3 aliphatic rings. The van der Waals surface area contributed by atoms with Crippen LogP contribution in [0.4, 0.5) is 5.69 Å². The van der Waals surface area contributed by atoms with Gasteiger partial charge in [0.2, 0.25) is 11.8 Å². The van der Waals surface area contributed by atoms with Gasteiger partial charge in [0.1, 0.15) is 6.07 Å². The van der Waals surface area contributed by atoms with Gasteiger partial charge in [0, 0.05) is 0 Å². The fraction of sp³-hybridized carbons (Fsp3) is 0.312. The maximum absolute atomic E-state index is 12.7. The number of carbonyl (C=O) groups is 2. The third-order valence-corrected chi connectivity index (χ3v) is 4.59. The largest absolute Gasteiger partial charge is 0.362 e. The quantitative estimate of drug-likeness (QED) is 0.576. The van der Waals surface area contributed by atoms with Gasteiger partial charge in [-0.2, -0.15) is 5.26 Å². The minimum Gasteiger partial charge on any atom is -0.362 e. The molecule has 0 saturated carbocycles. The van der Waals surface area contributed by atoms with Gasteiger partial charge >= 0.3 is 0 Å². The van der Waals surface area contributed by atoms with Crippen molar-refractivity contribution in [2.24, 2.45) is 11.8 Å². The van der Waals surface area contributed by atoms with Crippen LogP contribution in [-0.2, 0) is 14.3 Å². The van der Waals surface area contributed by atoms with Crippen molar-refractivity contribution in [2.45, 2.75) is 18.6 Å². The van der Waals surface area contributed by atoms with Gasteiger partial charge in [0.25, 0.3) is 0 Å². The van der Waals surface area contributed by atoms with E-state index in [0.717, 1.165) is 4.90 Å². The maximum atomic E-state index is 12.7. The fourth-order valence-corrected chi connectivity index (χ4v) is 3.65. The number of rotatable bonds is 1. The lowest BCUT2D eigenvalue weighted by atomic mass is 9.78. The van der Waals surface area contributed by atoms with E-state index in [1.807, 2.05) is 25.1 Å². The predicted molar refractivity (Wildman–Crippen MR) is 73.0 cm³/mol. The van der Waals surface area contributed by atoms with Gasteiger partial charge in [-0.15, -0.1) is 0 Å². The summed E-state index contributed by atoms with van der Waals surface area (Å²) in [5, 5.41) is 9.18. The summed E-state index contributed by atoms with van der Waals surface area (Å²) in [6.07, 6.45) is 3.38. The van der Waals surface area contributed by atoms with Crippen LogP contribution in [0.25, 0.3) is 0 Å². The number of para-hydroxylation sites is 1. The standard InChI is InChI=1S/C16H12N2O3/c1-16-7-6-11(21-16)12-13(16)15(20)18(14(12)19)10-5-3-2-4-9(10)8-17/h2-7,11-13H,1H3/t11-,12-,13-,16+/m1/s1. The Bertz CT molecular complexity index is 748. The third kappa shape index (κ3) is 1.38. The first-order valence-electron chi connectivity index (χ1n) is 6.81. The molecule has 0 aromatic heterocycles. The molecule has 1 aromatic rings. The Morgan fingerprint density at radius 1 is 1.29 bits per heavy atom. The summed E-state index contributed by atoms with van der Waals surface area (Å²) in [5.41, 5.74) is -0.0174. The van der Waals surface area contributed by atoms with Crippen LogP contribution in [0.5, 0.6) is 0 Å². The van der Waals surface area contributed by atoms with Crippen LogP contribution >= 0.6 is 0 Å². The number of hydrogen-bond donors (Lipinski definition) is 0. The van der Waals surface area contributed by atoms with Crippen LogP contribution in [0.1, 0.15) is 12.5 Å². The Morgan fingerprint density at radius 2 is 2.05 bits per heavy atom. The van der Waals surface area contributed by atoms with E-state index >= 15 is 0 Å². The van der Waals surface area contributed by atoms with Crippen molar-refractivity contribution in [3.05, 3.63) is 42.0 Å². The van der Waals surface area contributed by atoms with Gasteiger partial charge in [-0.25, -0.2) is 4.90 Å². The van der Waals surface area contributed by atoms with E-state index in [1.54, 1.807) is 24.3 Å². The molecule has 2 saturated heterocycles. The molecular weight excluding hydrogens is 268 g/mol. The van der Waals surface area contributed by atoms with Gasteiger partial charge in [-0.3, -0.25) is 9.59 Å². The second kappa shape index (κ2) is 3.80. The number of amides is 2. The van der Waals surface area contributed by atoms with Crippen molar-refractivity contribution in [2.75, 3.05) is 4.90 Å². The van der Waals surface area contributed by atoms with Gasteiger partial charge in [-0.05, 0) is 19.1 Å². The Hall–Kier alpha value is -2.45.